The van der Waals surface area contributed by atoms with Crippen LogP contribution in [-0.2, 0) is 25.6 Å². The molecule has 0 amide bonds. The molecule has 1 aromatic carbocycles. The third-order valence-electron chi connectivity index (χ3n) is 3.50. The van der Waals surface area contributed by atoms with E-state index in [0.29, 0.717) is 6.61 Å². The van der Waals surface area contributed by atoms with Crippen molar-refractivity contribution in [2.45, 2.75) is 37.3 Å². The zero-order valence-electron chi connectivity index (χ0n) is 12.2. The second-order valence-corrected chi connectivity index (χ2v) is 4.98. The molecule has 1 aromatic rings. The van der Waals surface area contributed by atoms with E-state index >= 15 is 0 Å². The van der Waals surface area contributed by atoms with Crippen molar-refractivity contribution < 1.29 is 29.2 Å². The van der Waals surface area contributed by atoms with Gasteiger partial charge in [-0.15, -0.1) is 0 Å². The van der Waals surface area contributed by atoms with Crippen molar-refractivity contribution in [1.82, 2.24) is 0 Å². The van der Waals surface area contributed by atoms with Gasteiger partial charge in [0, 0.05) is 14.2 Å². The van der Waals surface area contributed by atoms with Gasteiger partial charge in [0.05, 0.1) is 13.2 Å². The molecule has 0 aromatic heterocycles. The van der Waals surface area contributed by atoms with E-state index in [1.165, 1.54) is 14.2 Å². The Bertz CT molecular complexity index is 410. The van der Waals surface area contributed by atoms with E-state index in [1.54, 1.807) is 0 Å². The molecule has 1 fully saturated rings. The van der Waals surface area contributed by atoms with Gasteiger partial charge in [-0.3, -0.25) is 0 Å². The Balaban J connectivity index is 2.01. The Labute approximate surface area is 124 Å². The first-order chi connectivity index (χ1) is 10.2. The zero-order valence-corrected chi connectivity index (χ0v) is 12.2. The molecule has 6 nitrogen and oxygen atoms in total. The highest BCUT2D eigenvalue weighted by molar-refractivity contribution is 5.13. The molecule has 2 N–H and O–H groups in total. The molecule has 1 saturated heterocycles. The van der Waals surface area contributed by atoms with Gasteiger partial charge in [0.25, 0.3) is 0 Å². The molecule has 0 spiro atoms. The van der Waals surface area contributed by atoms with Gasteiger partial charge in [0.2, 0.25) is 0 Å². The Kier molecular flexibility index (Phi) is 6.10. The summed E-state index contributed by atoms with van der Waals surface area (Å²) in [6.45, 7) is 0.494. The van der Waals surface area contributed by atoms with E-state index in [0.717, 1.165) is 5.56 Å². The van der Waals surface area contributed by atoms with Crippen LogP contribution in [0.4, 0.5) is 0 Å². The van der Waals surface area contributed by atoms with Gasteiger partial charge in [-0.1, -0.05) is 30.3 Å². The van der Waals surface area contributed by atoms with E-state index in [4.69, 9.17) is 18.9 Å². The minimum absolute atomic E-state index is 0.167. The first-order valence-electron chi connectivity index (χ1n) is 6.86. The topological polar surface area (TPSA) is 77.4 Å². The molecule has 0 bridgehead atoms. The fraction of sp³-hybridized carbons (Fsp3) is 0.600. The molecule has 21 heavy (non-hydrogen) atoms. The number of hydrogen-bond donors (Lipinski definition) is 2. The van der Waals surface area contributed by atoms with E-state index in [2.05, 4.69) is 0 Å². The molecule has 0 radical (unpaired) electrons. The van der Waals surface area contributed by atoms with Gasteiger partial charge in [0.1, 0.15) is 24.4 Å². The van der Waals surface area contributed by atoms with Crippen molar-refractivity contribution in [1.29, 1.82) is 0 Å². The Morgan fingerprint density at radius 2 is 1.81 bits per heavy atom. The largest absolute Gasteiger partial charge is 0.387 e. The molecule has 118 valence electrons. The van der Waals surface area contributed by atoms with E-state index in [1.807, 2.05) is 30.3 Å². The highest BCUT2D eigenvalue weighted by atomic mass is 16.7. The summed E-state index contributed by atoms with van der Waals surface area (Å²) in [5, 5.41) is 20.1. The summed E-state index contributed by atoms with van der Waals surface area (Å²) in [6.07, 6.45) is -4.35. The van der Waals surface area contributed by atoms with Crippen LogP contribution in [0.1, 0.15) is 5.56 Å². The Morgan fingerprint density at radius 3 is 2.43 bits per heavy atom. The number of aliphatic hydroxyl groups is 2. The maximum Gasteiger partial charge on any atom is 0.187 e. The fourth-order valence-corrected chi connectivity index (χ4v) is 2.34. The van der Waals surface area contributed by atoms with Crippen molar-refractivity contribution in [3.63, 3.8) is 0 Å². The summed E-state index contributed by atoms with van der Waals surface area (Å²) in [4.78, 5) is 0. The number of hydrogen-bond acceptors (Lipinski definition) is 6. The van der Waals surface area contributed by atoms with Crippen molar-refractivity contribution in [2.75, 3.05) is 20.8 Å². The van der Waals surface area contributed by atoms with Crippen molar-refractivity contribution in [3.8, 4) is 0 Å². The van der Waals surface area contributed by atoms with E-state index < -0.39 is 30.7 Å². The predicted molar refractivity (Wildman–Crippen MR) is 74.6 cm³/mol. The van der Waals surface area contributed by atoms with Gasteiger partial charge in [-0.05, 0) is 5.56 Å². The monoisotopic (exact) mass is 298 g/mol. The maximum absolute atomic E-state index is 10.1. The molecule has 1 aliphatic heterocycles. The van der Waals surface area contributed by atoms with Gasteiger partial charge in [0.15, 0.2) is 6.29 Å². The van der Waals surface area contributed by atoms with Crippen LogP contribution in [0.3, 0.4) is 0 Å². The predicted octanol–water partition coefficient (Wildman–Crippen LogP) is 0.311. The van der Waals surface area contributed by atoms with Crippen molar-refractivity contribution in [2.24, 2.45) is 0 Å². The van der Waals surface area contributed by atoms with Crippen molar-refractivity contribution >= 4 is 0 Å². The number of rotatable bonds is 6. The molecule has 2 rings (SSSR count). The Hall–Kier alpha value is -1.02. The van der Waals surface area contributed by atoms with Crippen LogP contribution in [0, 0.1) is 0 Å². The van der Waals surface area contributed by atoms with Crippen molar-refractivity contribution in [3.05, 3.63) is 35.9 Å². The third-order valence-corrected chi connectivity index (χ3v) is 3.50. The number of ether oxygens (including phenoxy) is 4. The molecular formula is C15H22O6. The first kappa shape index (κ1) is 16.4. The highest BCUT2D eigenvalue weighted by Gasteiger charge is 2.45. The fourth-order valence-electron chi connectivity index (χ4n) is 2.34. The van der Waals surface area contributed by atoms with Crippen LogP contribution in [-0.4, -0.2) is 61.7 Å². The number of methoxy groups -OCH3 is 2. The quantitative estimate of drug-likeness (QED) is 0.787. The summed E-state index contributed by atoms with van der Waals surface area (Å²) in [6, 6.07) is 9.62. The average molecular weight is 298 g/mol. The van der Waals surface area contributed by atoms with Gasteiger partial charge >= 0.3 is 0 Å². The molecular weight excluding hydrogens is 276 g/mol. The van der Waals surface area contributed by atoms with Gasteiger partial charge < -0.3 is 29.2 Å². The molecule has 0 unspecified atom stereocenters. The lowest BCUT2D eigenvalue weighted by atomic mass is 9.99. The summed E-state index contributed by atoms with van der Waals surface area (Å²) >= 11 is 0. The molecule has 1 aliphatic rings. The number of aliphatic hydroxyl groups excluding tert-OH is 2. The summed E-state index contributed by atoms with van der Waals surface area (Å²) in [5.41, 5.74) is 0.986. The van der Waals surface area contributed by atoms with Crippen LogP contribution in [0.2, 0.25) is 0 Å². The maximum atomic E-state index is 10.1. The highest BCUT2D eigenvalue weighted by Crippen LogP contribution is 2.25. The number of benzene rings is 1. The standard InChI is InChI=1S/C15H22O6/c1-18-9-11-12(16)13(17)14(19-2)15(21-11)20-8-10-6-4-3-5-7-10/h3-7,11-17H,8-9H2,1-2H3/t11-,12-,13+,14-,15-/m1/s1. The first-order valence-corrected chi connectivity index (χ1v) is 6.86. The van der Waals surface area contributed by atoms with Crippen LogP contribution < -0.4 is 0 Å². The second-order valence-electron chi connectivity index (χ2n) is 4.98. The van der Waals surface area contributed by atoms with E-state index in [9.17, 15) is 10.2 Å². The summed E-state index contributed by atoms with van der Waals surface area (Å²) in [7, 11) is 2.95. The van der Waals surface area contributed by atoms with Crippen LogP contribution in [0.5, 0.6) is 0 Å². The van der Waals surface area contributed by atoms with Gasteiger partial charge in [-0.2, -0.15) is 0 Å². The zero-order chi connectivity index (χ0) is 15.2. The minimum atomic E-state index is -1.09. The van der Waals surface area contributed by atoms with Crippen LogP contribution in [0.15, 0.2) is 30.3 Å². The molecule has 1 heterocycles. The third kappa shape index (κ3) is 4.00. The minimum Gasteiger partial charge on any atom is -0.387 e. The molecule has 6 heteroatoms. The molecule has 0 aliphatic carbocycles. The SMILES string of the molecule is COC[C@H]1O[C@@H](OCc2ccccc2)[C@H](OC)[C@@H](O)[C@@H]1O. The average Bonchev–Trinajstić information content (AvgIpc) is 2.51. The van der Waals surface area contributed by atoms with Gasteiger partial charge in [-0.25, -0.2) is 0 Å². The lowest BCUT2D eigenvalue weighted by Gasteiger charge is -2.41. The second kappa shape index (κ2) is 7.84. The smallest absolute Gasteiger partial charge is 0.187 e. The Morgan fingerprint density at radius 1 is 1.10 bits per heavy atom. The summed E-state index contributed by atoms with van der Waals surface area (Å²) in [5.74, 6) is 0. The molecule has 0 saturated carbocycles. The summed E-state index contributed by atoms with van der Waals surface area (Å²) < 4.78 is 21.5. The molecule has 5 atom stereocenters. The van der Waals surface area contributed by atoms with E-state index in [-0.39, 0.29) is 6.61 Å². The van der Waals surface area contributed by atoms with Crippen LogP contribution in [0.25, 0.3) is 0 Å². The van der Waals surface area contributed by atoms with Crippen LogP contribution >= 0.6 is 0 Å². The lowest BCUT2D eigenvalue weighted by molar-refractivity contribution is -0.309. The normalized spacial score (nSPS) is 33.0. The lowest BCUT2D eigenvalue weighted by Crippen LogP contribution is -2.59.